The molecule has 1 aliphatic rings. The van der Waals surface area contributed by atoms with E-state index in [0.717, 1.165) is 0 Å². The summed E-state index contributed by atoms with van der Waals surface area (Å²) in [6.45, 7) is 2.30. The Hall–Kier alpha value is -0.850. The van der Waals surface area contributed by atoms with E-state index < -0.39 is 0 Å². The topological polar surface area (TPSA) is 12.9 Å². The van der Waals surface area contributed by atoms with Crippen LogP contribution in [-0.2, 0) is 5.41 Å². The van der Waals surface area contributed by atoms with Gasteiger partial charge in [-0.3, -0.25) is 4.98 Å². The second-order valence-electron chi connectivity index (χ2n) is 3.63. The van der Waals surface area contributed by atoms with Gasteiger partial charge in [-0.05, 0) is 25.0 Å². The molecule has 2 rings (SSSR count). The van der Waals surface area contributed by atoms with Crippen molar-refractivity contribution in [3.05, 3.63) is 30.1 Å². The minimum absolute atomic E-state index is 0.404. The number of hydrogen-bond acceptors (Lipinski definition) is 1. The second kappa shape index (κ2) is 2.33. The first-order valence-electron chi connectivity index (χ1n) is 4.23. The van der Waals surface area contributed by atoms with Crippen molar-refractivity contribution in [3.8, 4) is 0 Å². The van der Waals surface area contributed by atoms with Gasteiger partial charge in [-0.2, -0.15) is 0 Å². The van der Waals surface area contributed by atoms with Crippen molar-refractivity contribution in [2.45, 2.75) is 31.6 Å². The molecule has 0 aromatic carbocycles. The van der Waals surface area contributed by atoms with Crippen LogP contribution in [0.25, 0.3) is 0 Å². The lowest BCUT2D eigenvalue weighted by atomic mass is 9.68. The molecule has 0 saturated heterocycles. The molecule has 1 nitrogen and oxygen atoms in total. The van der Waals surface area contributed by atoms with E-state index in [-0.39, 0.29) is 0 Å². The fourth-order valence-electron chi connectivity index (χ4n) is 1.68. The van der Waals surface area contributed by atoms with Crippen molar-refractivity contribution in [2.75, 3.05) is 0 Å². The summed E-state index contributed by atoms with van der Waals surface area (Å²) >= 11 is 0. The summed E-state index contributed by atoms with van der Waals surface area (Å²) in [5, 5.41) is 0. The third-order valence-corrected chi connectivity index (χ3v) is 2.74. The molecule has 1 aromatic rings. The van der Waals surface area contributed by atoms with Crippen molar-refractivity contribution in [1.29, 1.82) is 0 Å². The standard InChI is InChI=1S/C10H13N/c1-10(6-4-7-10)9-5-2-3-8-11-9/h2-3,5,8H,4,6-7H2,1H3. The highest BCUT2D eigenvalue weighted by atomic mass is 14.7. The van der Waals surface area contributed by atoms with Gasteiger partial charge in [0, 0.05) is 17.3 Å². The molecule has 0 atom stereocenters. The minimum Gasteiger partial charge on any atom is -0.261 e. The summed E-state index contributed by atoms with van der Waals surface area (Å²) in [6.07, 6.45) is 5.88. The van der Waals surface area contributed by atoms with Gasteiger partial charge >= 0.3 is 0 Å². The molecule has 1 aromatic heterocycles. The van der Waals surface area contributed by atoms with Crippen LogP contribution in [0.15, 0.2) is 24.4 Å². The van der Waals surface area contributed by atoms with Gasteiger partial charge in [-0.1, -0.05) is 19.4 Å². The van der Waals surface area contributed by atoms with E-state index in [4.69, 9.17) is 0 Å². The molecule has 11 heavy (non-hydrogen) atoms. The lowest BCUT2D eigenvalue weighted by molar-refractivity contribution is 0.264. The second-order valence-corrected chi connectivity index (χ2v) is 3.63. The molecule has 58 valence electrons. The van der Waals surface area contributed by atoms with Crippen molar-refractivity contribution in [2.24, 2.45) is 0 Å². The lowest BCUT2D eigenvalue weighted by Crippen LogP contribution is -2.31. The van der Waals surface area contributed by atoms with Crippen molar-refractivity contribution >= 4 is 0 Å². The predicted molar refractivity (Wildman–Crippen MR) is 45.4 cm³/mol. The lowest BCUT2D eigenvalue weighted by Gasteiger charge is -2.37. The van der Waals surface area contributed by atoms with Gasteiger partial charge in [0.2, 0.25) is 0 Å². The first-order valence-corrected chi connectivity index (χ1v) is 4.23. The molecule has 0 amide bonds. The van der Waals surface area contributed by atoms with E-state index in [1.165, 1.54) is 25.0 Å². The van der Waals surface area contributed by atoms with Crippen molar-refractivity contribution in [1.82, 2.24) is 4.98 Å². The molecule has 1 aliphatic carbocycles. The highest BCUT2D eigenvalue weighted by Gasteiger charge is 2.34. The van der Waals surface area contributed by atoms with Gasteiger partial charge in [-0.15, -0.1) is 0 Å². The molecule has 0 N–H and O–H groups in total. The molecule has 0 aliphatic heterocycles. The SMILES string of the molecule is CC1(c2ccccn2)CCC1. The van der Waals surface area contributed by atoms with Gasteiger partial charge in [0.25, 0.3) is 0 Å². The summed E-state index contributed by atoms with van der Waals surface area (Å²) in [5.74, 6) is 0. The smallest absolute Gasteiger partial charge is 0.0462 e. The molecule has 1 saturated carbocycles. The molecular weight excluding hydrogens is 134 g/mol. The van der Waals surface area contributed by atoms with Gasteiger partial charge < -0.3 is 0 Å². The van der Waals surface area contributed by atoms with E-state index in [2.05, 4.69) is 24.0 Å². The highest BCUT2D eigenvalue weighted by Crippen LogP contribution is 2.41. The Bertz CT molecular complexity index is 236. The van der Waals surface area contributed by atoms with Crippen LogP contribution in [-0.4, -0.2) is 4.98 Å². The first kappa shape index (κ1) is 6.84. The van der Waals surface area contributed by atoms with E-state index in [9.17, 15) is 0 Å². The number of hydrogen-bond donors (Lipinski definition) is 0. The Kier molecular flexibility index (Phi) is 1.45. The van der Waals surface area contributed by atoms with Gasteiger partial charge in [-0.25, -0.2) is 0 Å². The monoisotopic (exact) mass is 147 g/mol. The summed E-state index contributed by atoms with van der Waals surface area (Å²) < 4.78 is 0. The van der Waals surface area contributed by atoms with Crippen LogP contribution in [0.3, 0.4) is 0 Å². The normalized spacial score (nSPS) is 20.8. The Morgan fingerprint density at radius 3 is 2.64 bits per heavy atom. The quantitative estimate of drug-likeness (QED) is 0.594. The predicted octanol–water partition coefficient (Wildman–Crippen LogP) is 2.52. The van der Waals surface area contributed by atoms with E-state index in [1.54, 1.807) is 0 Å². The van der Waals surface area contributed by atoms with Crippen molar-refractivity contribution in [3.63, 3.8) is 0 Å². The van der Waals surface area contributed by atoms with Crippen molar-refractivity contribution < 1.29 is 0 Å². The summed E-state index contributed by atoms with van der Waals surface area (Å²) in [7, 11) is 0. The highest BCUT2D eigenvalue weighted by molar-refractivity contribution is 5.18. The molecule has 0 spiro atoms. The average Bonchev–Trinajstić information content (AvgIpc) is 2.02. The van der Waals surface area contributed by atoms with Crippen LogP contribution < -0.4 is 0 Å². The maximum Gasteiger partial charge on any atom is 0.0462 e. The first-order chi connectivity index (χ1) is 5.31. The molecule has 1 fully saturated rings. The van der Waals surface area contributed by atoms with Crippen LogP contribution in [0.4, 0.5) is 0 Å². The number of nitrogens with zero attached hydrogens (tertiary/aromatic N) is 1. The maximum absolute atomic E-state index is 4.37. The van der Waals surface area contributed by atoms with E-state index in [1.807, 2.05) is 12.3 Å². The Labute approximate surface area is 67.5 Å². The minimum atomic E-state index is 0.404. The zero-order chi connectivity index (χ0) is 7.73. The fraction of sp³-hybridized carbons (Fsp3) is 0.500. The summed E-state index contributed by atoms with van der Waals surface area (Å²) in [5.41, 5.74) is 1.67. The van der Waals surface area contributed by atoms with E-state index in [0.29, 0.717) is 5.41 Å². The summed E-state index contributed by atoms with van der Waals surface area (Å²) in [6, 6.07) is 6.19. The third-order valence-electron chi connectivity index (χ3n) is 2.74. The molecule has 0 bridgehead atoms. The zero-order valence-electron chi connectivity index (χ0n) is 6.88. The largest absolute Gasteiger partial charge is 0.261 e. The van der Waals surface area contributed by atoms with Gasteiger partial charge in [0.15, 0.2) is 0 Å². The molecule has 1 heteroatoms. The molecule has 0 radical (unpaired) electrons. The van der Waals surface area contributed by atoms with Crippen LogP contribution in [0, 0.1) is 0 Å². The third kappa shape index (κ3) is 1.05. The van der Waals surface area contributed by atoms with Crippen LogP contribution in [0.1, 0.15) is 31.9 Å². The molecule has 1 heterocycles. The Balaban J connectivity index is 2.29. The molecule has 0 unspecified atom stereocenters. The maximum atomic E-state index is 4.37. The van der Waals surface area contributed by atoms with Crippen LogP contribution in [0.2, 0.25) is 0 Å². The van der Waals surface area contributed by atoms with Gasteiger partial charge in [0.1, 0.15) is 0 Å². The number of aromatic nitrogens is 1. The average molecular weight is 147 g/mol. The number of rotatable bonds is 1. The zero-order valence-corrected chi connectivity index (χ0v) is 6.88. The van der Waals surface area contributed by atoms with Crippen LogP contribution in [0.5, 0.6) is 0 Å². The Morgan fingerprint density at radius 1 is 1.36 bits per heavy atom. The number of pyridine rings is 1. The van der Waals surface area contributed by atoms with E-state index >= 15 is 0 Å². The van der Waals surface area contributed by atoms with Crippen LogP contribution >= 0.6 is 0 Å². The summed E-state index contributed by atoms with van der Waals surface area (Å²) in [4.78, 5) is 4.37. The fourth-order valence-corrected chi connectivity index (χ4v) is 1.68. The molecular formula is C10H13N. The Morgan fingerprint density at radius 2 is 2.18 bits per heavy atom. The van der Waals surface area contributed by atoms with Gasteiger partial charge in [0.05, 0.1) is 0 Å².